The topological polar surface area (TPSA) is 130 Å². The number of nitrogens with zero attached hydrogens (tertiary/aromatic N) is 2. The minimum atomic E-state index is -1.60. The van der Waals surface area contributed by atoms with Gasteiger partial charge in [0, 0.05) is 31.1 Å². The molecule has 284 valence electrons. The lowest BCUT2D eigenvalue weighted by Gasteiger charge is -2.48. The number of benzene rings is 1. The first kappa shape index (κ1) is 40.7. The standard InChI is InChI=1S/C39H64N2O9/c1-11-31-39(8,45)35-28(6)41(23-29-16-13-12-14-17-29)22-24(2)21-38(7,47-19-15-18-46-35)34(26(4)32(42)27(5)36(44)49-31)50-37-33(43)30(40(9)10)20-25(3)48-37/h12-18,24-28,30-35,37,42-43,45H,11,19-23H2,1-10H3/b18-15+/t24-,25-,26+,27?,28-,30+,31-,32?,33-,34-,35+,37+,38-,39-/m1/s1. The summed E-state index contributed by atoms with van der Waals surface area (Å²) in [5, 5.41) is 35.7. The highest BCUT2D eigenvalue weighted by Gasteiger charge is 2.52. The highest BCUT2D eigenvalue weighted by Crippen LogP contribution is 2.39. The van der Waals surface area contributed by atoms with Gasteiger partial charge in [-0.15, -0.1) is 0 Å². The number of hydrogen-bond acceptors (Lipinski definition) is 11. The second kappa shape index (κ2) is 17.2. The number of carbonyl (C=O) groups is 1. The molecule has 1 aromatic rings. The number of ether oxygens (including phenoxy) is 5. The van der Waals surface area contributed by atoms with Crippen LogP contribution in [0.15, 0.2) is 42.7 Å². The summed E-state index contributed by atoms with van der Waals surface area (Å²) in [5.74, 6) is -2.23. The molecule has 0 radical (unpaired) electrons. The number of fused-ring (bicyclic) bond motifs is 14. The minimum absolute atomic E-state index is 0.0312. The molecular weight excluding hydrogens is 640 g/mol. The van der Waals surface area contributed by atoms with Gasteiger partial charge in [-0.05, 0) is 85.5 Å². The fourth-order valence-corrected chi connectivity index (χ4v) is 8.40. The van der Waals surface area contributed by atoms with Crippen LogP contribution in [0.5, 0.6) is 0 Å². The molecule has 14 atom stereocenters. The molecule has 4 heterocycles. The molecule has 11 nitrogen and oxygen atoms in total. The van der Waals surface area contributed by atoms with Crippen molar-refractivity contribution in [1.29, 1.82) is 0 Å². The van der Waals surface area contributed by atoms with Gasteiger partial charge in [-0.2, -0.15) is 0 Å². The van der Waals surface area contributed by atoms with Crippen LogP contribution in [-0.4, -0.2) is 125 Å². The molecule has 2 bridgehead atoms. The summed E-state index contributed by atoms with van der Waals surface area (Å²) in [4.78, 5) is 18.1. The van der Waals surface area contributed by atoms with Gasteiger partial charge in [0.05, 0.1) is 42.7 Å². The zero-order valence-corrected chi connectivity index (χ0v) is 31.9. The van der Waals surface area contributed by atoms with E-state index in [1.54, 1.807) is 26.2 Å². The van der Waals surface area contributed by atoms with E-state index < -0.39 is 65.8 Å². The van der Waals surface area contributed by atoms with E-state index in [1.807, 2.05) is 71.8 Å². The van der Waals surface area contributed by atoms with Crippen molar-refractivity contribution in [3.05, 3.63) is 48.2 Å². The molecule has 4 aliphatic rings. The summed E-state index contributed by atoms with van der Waals surface area (Å²) >= 11 is 0. The number of rotatable bonds is 6. The summed E-state index contributed by atoms with van der Waals surface area (Å²) in [6, 6.07) is 9.66. The van der Waals surface area contributed by atoms with Crippen LogP contribution in [0, 0.1) is 17.8 Å². The van der Waals surface area contributed by atoms with Crippen molar-refractivity contribution in [2.45, 2.75) is 147 Å². The highest BCUT2D eigenvalue weighted by atomic mass is 16.7. The molecule has 0 aromatic heterocycles. The van der Waals surface area contributed by atoms with Crippen LogP contribution in [0.2, 0.25) is 0 Å². The van der Waals surface area contributed by atoms with E-state index in [0.717, 1.165) is 5.56 Å². The van der Waals surface area contributed by atoms with Crippen molar-refractivity contribution in [1.82, 2.24) is 9.80 Å². The van der Waals surface area contributed by atoms with Crippen molar-refractivity contribution in [3.63, 3.8) is 0 Å². The molecule has 0 aliphatic carbocycles. The third-order valence-corrected chi connectivity index (χ3v) is 11.3. The Morgan fingerprint density at radius 3 is 2.36 bits per heavy atom. The van der Waals surface area contributed by atoms with Crippen LogP contribution in [-0.2, 0) is 35.0 Å². The van der Waals surface area contributed by atoms with E-state index in [9.17, 15) is 20.1 Å². The fourth-order valence-electron chi connectivity index (χ4n) is 8.40. The van der Waals surface area contributed by atoms with Crippen LogP contribution in [0.25, 0.3) is 0 Å². The lowest BCUT2D eigenvalue weighted by molar-refractivity contribution is -0.303. The maximum Gasteiger partial charge on any atom is 0.311 e. The number of likely N-dealkylation sites (N-methyl/N-ethyl adjacent to an activating group) is 1. The number of carbonyl (C=O) groups excluding carboxylic acids is 1. The number of aliphatic hydroxyl groups excluding tert-OH is 2. The van der Waals surface area contributed by atoms with Gasteiger partial charge in [-0.3, -0.25) is 9.69 Å². The first-order valence-corrected chi connectivity index (χ1v) is 18.5. The predicted octanol–water partition coefficient (Wildman–Crippen LogP) is 4.12. The first-order valence-electron chi connectivity index (χ1n) is 18.5. The summed E-state index contributed by atoms with van der Waals surface area (Å²) in [7, 11) is 3.85. The largest absolute Gasteiger partial charge is 0.493 e. The third-order valence-electron chi connectivity index (χ3n) is 11.3. The highest BCUT2D eigenvalue weighted by molar-refractivity contribution is 5.73. The number of aliphatic hydroxyl groups is 3. The Hall–Kier alpha value is -2.09. The minimum Gasteiger partial charge on any atom is -0.493 e. The average molecular weight is 705 g/mol. The quantitative estimate of drug-likeness (QED) is 0.370. The molecule has 0 saturated carbocycles. The van der Waals surface area contributed by atoms with Gasteiger partial charge < -0.3 is 43.9 Å². The molecule has 11 heteroatoms. The van der Waals surface area contributed by atoms with Gasteiger partial charge in [0.2, 0.25) is 0 Å². The van der Waals surface area contributed by atoms with E-state index in [0.29, 0.717) is 32.4 Å². The number of esters is 1. The fraction of sp³-hybridized carbons (Fsp3) is 0.769. The Bertz CT molecular complexity index is 1250. The summed E-state index contributed by atoms with van der Waals surface area (Å²) in [5.41, 5.74) is -1.49. The van der Waals surface area contributed by atoms with Gasteiger partial charge in [-0.25, -0.2) is 0 Å². The molecule has 2 saturated heterocycles. The molecule has 5 rings (SSSR count). The van der Waals surface area contributed by atoms with Crippen molar-refractivity contribution in [2.24, 2.45) is 17.8 Å². The van der Waals surface area contributed by atoms with Crippen molar-refractivity contribution < 1.29 is 43.8 Å². The zero-order chi connectivity index (χ0) is 37.0. The second-order valence-electron chi connectivity index (χ2n) is 15.8. The Labute approximate surface area is 299 Å². The molecule has 2 fully saturated rings. The maximum atomic E-state index is 13.8. The molecule has 50 heavy (non-hydrogen) atoms. The normalized spacial score (nSPS) is 43.4. The van der Waals surface area contributed by atoms with Crippen LogP contribution >= 0.6 is 0 Å². The lowest BCUT2D eigenvalue weighted by Crippen LogP contribution is -2.60. The molecule has 0 spiro atoms. The van der Waals surface area contributed by atoms with E-state index in [-0.39, 0.29) is 30.7 Å². The van der Waals surface area contributed by atoms with Crippen molar-refractivity contribution in [2.75, 3.05) is 27.2 Å². The van der Waals surface area contributed by atoms with Crippen LogP contribution in [0.3, 0.4) is 0 Å². The summed E-state index contributed by atoms with van der Waals surface area (Å²) in [6.07, 6.45) is -1.06. The Kier molecular flexibility index (Phi) is 14.0. The van der Waals surface area contributed by atoms with Crippen molar-refractivity contribution in [3.8, 4) is 0 Å². The van der Waals surface area contributed by atoms with Gasteiger partial charge in [-0.1, -0.05) is 51.1 Å². The zero-order valence-electron chi connectivity index (χ0n) is 31.9. The maximum absolute atomic E-state index is 13.8. The van der Waals surface area contributed by atoms with Gasteiger partial charge in [0.25, 0.3) is 0 Å². The van der Waals surface area contributed by atoms with Gasteiger partial charge in [0.1, 0.15) is 23.9 Å². The monoisotopic (exact) mass is 704 g/mol. The van der Waals surface area contributed by atoms with Gasteiger partial charge in [0.15, 0.2) is 6.29 Å². The molecule has 3 N–H and O–H groups in total. The summed E-state index contributed by atoms with van der Waals surface area (Å²) in [6.45, 7) is 16.5. The van der Waals surface area contributed by atoms with Crippen LogP contribution in [0.4, 0.5) is 0 Å². The van der Waals surface area contributed by atoms with Crippen molar-refractivity contribution >= 4 is 5.97 Å². The van der Waals surface area contributed by atoms with E-state index in [4.69, 9.17) is 23.7 Å². The smallest absolute Gasteiger partial charge is 0.311 e. The van der Waals surface area contributed by atoms with Gasteiger partial charge >= 0.3 is 5.97 Å². The second-order valence-corrected chi connectivity index (χ2v) is 15.8. The van der Waals surface area contributed by atoms with E-state index >= 15 is 0 Å². The lowest BCUT2D eigenvalue weighted by atomic mass is 9.77. The van der Waals surface area contributed by atoms with Crippen LogP contribution in [0.1, 0.15) is 80.2 Å². The first-order chi connectivity index (χ1) is 23.5. The van der Waals surface area contributed by atoms with E-state index in [1.165, 1.54) is 0 Å². The molecule has 4 aliphatic heterocycles. The Balaban J connectivity index is 1.86. The Morgan fingerprint density at radius 2 is 1.72 bits per heavy atom. The SMILES string of the molecule is CC[C@H]1OC(=O)C(C)C(O)[C@H](C)[C@@H](O[C@@H]2O[C@H](C)C[C@H](N(C)C)[C@H]2O)[C@@]2(C)C[C@@H](C)CN(Cc3ccccc3)[C@H](C)[C@H](O/C=C/CO2)[C@]1(C)O. The average Bonchev–Trinajstić information content (AvgIpc) is 3.06. The molecular formula is C39H64N2O9. The third kappa shape index (κ3) is 9.28. The number of hydrogen-bond donors (Lipinski definition) is 3. The molecule has 1 aromatic carbocycles. The summed E-state index contributed by atoms with van der Waals surface area (Å²) < 4.78 is 32.3. The van der Waals surface area contributed by atoms with E-state index in [2.05, 4.69) is 24.0 Å². The molecule has 2 unspecified atom stereocenters. The van der Waals surface area contributed by atoms with Crippen LogP contribution < -0.4 is 0 Å². The predicted molar refractivity (Wildman–Crippen MR) is 191 cm³/mol. The Morgan fingerprint density at radius 1 is 1.04 bits per heavy atom. The molecule has 0 amide bonds.